The second kappa shape index (κ2) is 5.79. The topological polar surface area (TPSA) is 75.1 Å². The van der Waals surface area contributed by atoms with Gasteiger partial charge in [-0.25, -0.2) is 14.8 Å². The Morgan fingerprint density at radius 3 is 2.84 bits per heavy atom. The highest BCUT2D eigenvalue weighted by Gasteiger charge is 2.08. The molecule has 0 aliphatic carbocycles. The molecule has 2 rings (SSSR count). The Morgan fingerprint density at radius 2 is 2.26 bits per heavy atom. The Bertz CT molecular complexity index is 595. The van der Waals surface area contributed by atoms with Gasteiger partial charge in [0.25, 0.3) is 0 Å². The Morgan fingerprint density at radius 1 is 1.47 bits per heavy atom. The van der Waals surface area contributed by atoms with Crippen LogP contribution >= 0.6 is 11.3 Å². The molecule has 2 N–H and O–H groups in total. The normalized spacial score (nSPS) is 10.4. The predicted octanol–water partition coefficient (Wildman–Crippen LogP) is 2.72. The Labute approximate surface area is 115 Å². The van der Waals surface area contributed by atoms with Gasteiger partial charge in [0, 0.05) is 11.1 Å². The van der Waals surface area contributed by atoms with Crippen LogP contribution in [-0.2, 0) is 13.0 Å². The average Bonchev–Trinajstić information content (AvgIpc) is 2.84. The first-order valence-electron chi connectivity index (χ1n) is 5.98. The van der Waals surface area contributed by atoms with E-state index in [2.05, 4.69) is 22.2 Å². The minimum Gasteiger partial charge on any atom is -0.478 e. The van der Waals surface area contributed by atoms with E-state index in [-0.39, 0.29) is 5.56 Å². The lowest BCUT2D eigenvalue weighted by atomic mass is 10.2. The number of aryl methyl sites for hydroxylation is 2. The van der Waals surface area contributed by atoms with E-state index in [1.54, 1.807) is 30.4 Å². The van der Waals surface area contributed by atoms with Gasteiger partial charge in [0.1, 0.15) is 10.8 Å². The number of anilines is 1. The van der Waals surface area contributed by atoms with E-state index in [0.29, 0.717) is 18.1 Å². The summed E-state index contributed by atoms with van der Waals surface area (Å²) in [4.78, 5) is 20.7. The van der Waals surface area contributed by atoms with Gasteiger partial charge in [-0.3, -0.25) is 0 Å². The molecule has 0 fully saturated rings. The number of pyridine rings is 1. The highest BCUT2D eigenvalue weighted by atomic mass is 32.1. The minimum atomic E-state index is -0.955. The van der Waals surface area contributed by atoms with Crippen LogP contribution in [0.15, 0.2) is 18.3 Å². The third-order valence-electron chi connectivity index (χ3n) is 2.69. The molecule has 0 saturated heterocycles. The van der Waals surface area contributed by atoms with Crippen molar-refractivity contribution in [1.29, 1.82) is 0 Å². The number of nitrogens with zero attached hydrogens (tertiary/aromatic N) is 2. The van der Waals surface area contributed by atoms with Crippen molar-refractivity contribution in [3.8, 4) is 0 Å². The summed E-state index contributed by atoms with van der Waals surface area (Å²) in [5, 5.41) is 13.1. The van der Waals surface area contributed by atoms with E-state index in [0.717, 1.165) is 11.4 Å². The largest absolute Gasteiger partial charge is 0.478 e. The monoisotopic (exact) mass is 277 g/mol. The predicted molar refractivity (Wildman–Crippen MR) is 74.8 cm³/mol. The number of hydrogen-bond acceptors (Lipinski definition) is 5. The van der Waals surface area contributed by atoms with Crippen LogP contribution in [0.4, 0.5) is 5.82 Å². The maximum Gasteiger partial charge on any atom is 0.337 e. The van der Waals surface area contributed by atoms with E-state index >= 15 is 0 Å². The van der Waals surface area contributed by atoms with Gasteiger partial charge < -0.3 is 10.4 Å². The van der Waals surface area contributed by atoms with Crippen LogP contribution in [0.2, 0.25) is 0 Å². The molecule has 6 heteroatoms. The molecule has 2 heterocycles. The Kier molecular flexibility index (Phi) is 4.11. The van der Waals surface area contributed by atoms with E-state index < -0.39 is 5.97 Å². The number of hydrogen-bond donors (Lipinski definition) is 2. The van der Waals surface area contributed by atoms with Crippen LogP contribution in [0.5, 0.6) is 0 Å². The number of carbonyl (C=O) groups is 1. The van der Waals surface area contributed by atoms with Crippen molar-refractivity contribution in [1.82, 2.24) is 9.97 Å². The molecule has 0 unspecified atom stereocenters. The van der Waals surface area contributed by atoms with Crippen LogP contribution in [0.1, 0.15) is 32.9 Å². The fourth-order valence-electron chi connectivity index (χ4n) is 1.64. The standard InChI is InChI=1S/C13H15N3O2S/c1-3-9-6-15-12(19-9)7-14-11-5-4-10(13(17)18)8(2)16-11/h4-6H,3,7H2,1-2H3,(H,14,16)(H,17,18). The maximum absolute atomic E-state index is 10.9. The molecular formula is C13H15N3O2S. The molecule has 0 radical (unpaired) electrons. The number of thiazole rings is 1. The van der Waals surface area contributed by atoms with Crippen molar-refractivity contribution in [3.05, 3.63) is 39.5 Å². The smallest absolute Gasteiger partial charge is 0.337 e. The SMILES string of the molecule is CCc1cnc(CNc2ccc(C(=O)O)c(C)n2)s1. The van der Waals surface area contributed by atoms with E-state index in [9.17, 15) is 4.79 Å². The van der Waals surface area contributed by atoms with Gasteiger partial charge >= 0.3 is 5.97 Å². The molecule has 0 atom stereocenters. The molecule has 0 aliphatic heterocycles. The fourth-order valence-corrected chi connectivity index (χ4v) is 2.45. The van der Waals surface area contributed by atoms with Crippen molar-refractivity contribution in [2.45, 2.75) is 26.8 Å². The third-order valence-corrected chi connectivity index (χ3v) is 3.83. The zero-order valence-corrected chi connectivity index (χ0v) is 11.6. The zero-order chi connectivity index (χ0) is 13.8. The van der Waals surface area contributed by atoms with E-state index in [1.165, 1.54) is 4.88 Å². The van der Waals surface area contributed by atoms with Crippen molar-refractivity contribution < 1.29 is 9.90 Å². The summed E-state index contributed by atoms with van der Waals surface area (Å²) in [5.74, 6) is -0.292. The molecule has 0 aliphatic rings. The zero-order valence-electron chi connectivity index (χ0n) is 10.8. The van der Waals surface area contributed by atoms with Gasteiger partial charge in [0.2, 0.25) is 0 Å². The quantitative estimate of drug-likeness (QED) is 0.879. The number of aromatic carboxylic acids is 1. The first-order chi connectivity index (χ1) is 9.10. The van der Waals surface area contributed by atoms with Gasteiger partial charge in [0.15, 0.2) is 0 Å². The molecule has 2 aromatic rings. The lowest BCUT2D eigenvalue weighted by Crippen LogP contribution is -2.06. The van der Waals surface area contributed by atoms with Crippen LogP contribution in [0.3, 0.4) is 0 Å². The fraction of sp³-hybridized carbons (Fsp3) is 0.308. The minimum absolute atomic E-state index is 0.230. The summed E-state index contributed by atoms with van der Waals surface area (Å²) in [6.07, 6.45) is 2.87. The van der Waals surface area contributed by atoms with Crippen LogP contribution in [0.25, 0.3) is 0 Å². The van der Waals surface area contributed by atoms with Crippen molar-refractivity contribution in [2.75, 3.05) is 5.32 Å². The number of carboxylic acid groups (broad SMARTS) is 1. The Hall–Kier alpha value is -1.95. The van der Waals surface area contributed by atoms with Gasteiger partial charge in [-0.2, -0.15) is 0 Å². The molecule has 100 valence electrons. The van der Waals surface area contributed by atoms with Gasteiger partial charge in [-0.15, -0.1) is 11.3 Å². The lowest BCUT2D eigenvalue weighted by molar-refractivity contribution is 0.0695. The maximum atomic E-state index is 10.9. The highest BCUT2D eigenvalue weighted by molar-refractivity contribution is 7.11. The summed E-state index contributed by atoms with van der Waals surface area (Å²) < 4.78 is 0. The second-order valence-corrected chi connectivity index (χ2v) is 5.26. The lowest BCUT2D eigenvalue weighted by Gasteiger charge is -2.06. The first-order valence-corrected chi connectivity index (χ1v) is 6.80. The summed E-state index contributed by atoms with van der Waals surface area (Å²) in [6, 6.07) is 3.23. The van der Waals surface area contributed by atoms with Crippen molar-refractivity contribution in [3.63, 3.8) is 0 Å². The molecule has 0 aromatic carbocycles. The first kappa shape index (κ1) is 13.5. The average molecular weight is 277 g/mol. The van der Waals surface area contributed by atoms with Gasteiger partial charge in [-0.05, 0) is 25.5 Å². The van der Waals surface area contributed by atoms with Gasteiger partial charge in [0.05, 0.1) is 17.8 Å². The van der Waals surface area contributed by atoms with Crippen LogP contribution < -0.4 is 5.32 Å². The van der Waals surface area contributed by atoms with Crippen molar-refractivity contribution >= 4 is 23.1 Å². The molecule has 0 spiro atoms. The summed E-state index contributed by atoms with van der Waals surface area (Å²) in [6.45, 7) is 4.39. The number of aromatic nitrogens is 2. The molecular weight excluding hydrogens is 262 g/mol. The highest BCUT2D eigenvalue weighted by Crippen LogP contribution is 2.16. The van der Waals surface area contributed by atoms with E-state index in [1.807, 2.05) is 6.20 Å². The summed E-state index contributed by atoms with van der Waals surface area (Å²) >= 11 is 1.67. The van der Waals surface area contributed by atoms with Crippen molar-refractivity contribution in [2.24, 2.45) is 0 Å². The summed E-state index contributed by atoms with van der Waals surface area (Å²) in [7, 11) is 0. The molecule has 2 aromatic heterocycles. The van der Waals surface area contributed by atoms with E-state index in [4.69, 9.17) is 5.11 Å². The van der Waals surface area contributed by atoms with Crippen LogP contribution in [-0.4, -0.2) is 21.0 Å². The summed E-state index contributed by atoms with van der Waals surface area (Å²) in [5.41, 5.74) is 0.735. The second-order valence-electron chi connectivity index (χ2n) is 4.06. The number of rotatable bonds is 5. The van der Waals surface area contributed by atoms with Gasteiger partial charge in [-0.1, -0.05) is 6.92 Å². The molecule has 19 heavy (non-hydrogen) atoms. The molecule has 0 saturated carbocycles. The molecule has 0 amide bonds. The molecule has 0 bridgehead atoms. The number of nitrogens with one attached hydrogen (secondary N) is 1. The Balaban J connectivity index is 2.03. The number of carboxylic acids is 1. The van der Waals surface area contributed by atoms with Crippen LogP contribution in [0, 0.1) is 6.92 Å². The third kappa shape index (κ3) is 3.29. The molecule has 5 nitrogen and oxygen atoms in total.